The van der Waals surface area contributed by atoms with E-state index in [1.165, 1.54) is 21.9 Å². The Morgan fingerprint density at radius 3 is 2.69 bits per heavy atom. The fraction of sp³-hybridized carbons (Fsp3) is 0. The van der Waals surface area contributed by atoms with Gasteiger partial charge in [-0.25, -0.2) is 0 Å². The molecule has 0 fully saturated rings. The van der Waals surface area contributed by atoms with Crippen LogP contribution in [0, 0.1) is 6.42 Å². The van der Waals surface area contributed by atoms with Gasteiger partial charge in [-0.3, -0.25) is 0 Å². The van der Waals surface area contributed by atoms with E-state index in [0.29, 0.717) is 0 Å². The third-order valence-corrected chi connectivity index (χ3v) is 2.52. The molecule has 1 aliphatic rings. The second-order valence-corrected chi connectivity index (χ2v) is 3.32. The third-order valence-electron chi connectivity index (χ3n) is 2.52. The van der Waals surface area contributed by atoms with E-state index in [0.717, 1.165) is 0 Å². The summed E-state index contributed by atoms with van der Waals surface area (Å²) in [5.41, 5.74) is 2.66. The van der Waals surface area contributed by atoms with Crippen molar-refractivity contribution < 1.29 is 0 Å². The molecule has 13 heavy (non-hydrogen) atoms. The van der Waals surface area contributed by atoms with Crippen molar-refractivity contribution in [3.05, 3.63) is 60.0 Å². The minimum absolute atomic E-state index is 1.33. The van der Waals surface area contributed by atoms with Gasteiger partial charge in [0.2, 0.25) is 0 Å². The lowest BCUT2D eigenvalue weighted by Gasteiger charge is -2.04. The number of rotatable bonds is 0. The van der Waals surface area contributed by atoms with Gasteiger partial charge in [-0.2, -0.15) is 0 Å². The maximum absolute atomic E-state index is 2.16. The molecule has 0 heterocycles. The van der Waals surface area contributed by atoms with Gasteiger partial charge in [0.1, 0.15) is 5.56 Å². The molecular weight excluding hydrogens is 156 g/mol. The van der Waals surface area contributed by atoms with Gasteiger partial charge in [0.25, 0.3) is 0 Å². The van der Waals surface area contributed by atoms with Gasteiger partial charge >= 0.3 is 0 Å². The van der Waals surface area contributed by atoms with Gasteiger partial charge in [-0.1, -0.05) is 6.07 Å². The average Bonchev–Trinajstić information content (AvgIpc) is 2.19. The molecule has 0 spiro atoms. The number of allylic oxidation sites excluding steroid dienone is 1. The highest BCUT2D eigenvalue weighted by Gasteiger charge is 2.13. The van der Waals surface area contributed by atoms with E-state index in [1.54, 1.807) is 0 Å². The zero-order chi connectivity index (χ0) is 8.67. The first kappa shape index (κ1) is 6.79. The number of benzene rings is 2. The SMILES string of the molecule is C1=Cc2cccc3cccc(c23)[CH+]1. The van der Waals surface area contributed by atoms with Crippen molar-refractivity contribution >= 4 is 16.8 Å². The van der Waals surface area contributed by atoms with Crippen LogP contribution >= 0.6 is 0 Å². The van der Waals surface area contributed by atoms with Crippen molar-refractivity contribution in [1.29, 1.82) is 0 Å². The van der Waals surface area contributed by atoms with Crippen LogP contribution < -0.4 is 0 Å². The molecule has 2 aromatic rings. The van der Waals surface area contributed by atoms with Gasteiger partial charge in [0, 0.05) is 30.0 Å². The summed E-state index contributed by atoms with van der Waals surface area (Å²) in [6.45, 7) is 0. The van der Waals surface area contributed by atoms with E-state index in [-0.39, 0.29) is 0 Å². The Balaban J connectivity index is 2.56. The summed E-state index contributed by atoms with van der Waals surface area (Å²) in [5, 5.41) is 2.71. The highest BCUT2D eigenvalue weighted by molar-refractivity contribution is 5.96. The molecule has 2 aromatic carbocycles. The average molecular weight is 165 g/mol. The molecule has 0 nitrogen and oxygen atoms in total. The topological polar surface area (TPSA) is 0 Å². The molecule has 0 atom stereocenters. The van der Waals surface area contributed by atoms with Gasteiger partial charge in [-0.05, 0) is 24.3 Å². The molecule has 0 aromatic heterocycles. The Hall–Kier alpha value is -1.69. The van der Waals surface area contributed by atoms with E-state index in [9.17, 15) is 0 Å². The van der Waals surface area contributed by atoms with Crippen LogP contribution in [-0.4, -0.2) is 0 Å². The highest BCUT2D eigenvalue weighted by Crippen LogP contribution is 2.28. The molecule has 0 N–H and O–H groups in total. The maximum Gasteiger partial charge on any atom is 0.105 e. The Kier molecular flexibility index (Phi) is 1.25. The van der Waals surface area contributed by atoms with Crippen LogP contribution in [0.4, 0.5) is 0 Å². The summed E-state index contributed by atoms with van der Waals surface area (Å²) in [7, 11) is 0. The second-order valence-electron chi connectivity index (χ2n) is 3.32. The molecule has 0 saturated heterocycles. The molecule has 0 heteroatoms. The Bertz CT molecular complexity index is 487. The van der Waals surface area contributed by atoms with Crippen LogP contribution in [0.25, 0.3) is 16.8 Å². The second kappa shape index (κ2) is 2.40. The van der Waals surface area contributed by atoms with E-state index in [2.05, 4.69) is 55.0 Å². The van der Waals surface area contributed by atoms with Crippen LogP contribution in [0.5, 0.6) is 0 Å². The van der Waals surface area contributed by atoms with Crippen molar-refractivity contribution in [2.45, 2.75) is 0 Å². The summed E-state index contributed by atoms with van der Waals surface area (Å²) in [5.74, 6) is 0. The molecule has 3 rings (SSSR count). The molecule has 0 bridgehead atoms. The maximum atomic E-state index is 2.16. The number of hydrogen-bond donors (Lipinski definition) is 0. The van der Waals surface area contributed by atoms with Crippen LogP contribution in [0.3, 0.4) is 0 Å². The fourth-order valence-electron chi connectivity index (χ4n) is 1.93. The highest BCUT2D eigenvalue weighted by atomic mass is 14.1. The quantitative estimate of drug-likeness (QED) is 0.525. The fourth-order valence-corrected chi connectivity index (χ4v) is 1.93. The zero-order valence-electron chi connectivity index (χ0n) is 7.20. The lowest BCUT2D eigenvalue weighted by molar-refractivity contribution is 1.54. The lowest BCUT2D eigenvalue weighted by Crippen LogP contribution is -1.89. The van der Waals surface area contributed by atoms with Crippen molar-refractivity contribution in [1.82, 2.24) is 0 Å². The van der Waals surface area contributed by atoms with Crippen LogP contribution in [0.15, 0.2) is 42.5 Å². The minimum Gasteiger partial charge on any atom is -0.0584 e. The van der Waals surface area contributed by atoms with Crippen molar-refractivity contribution in [2.75, 3.05) is 0 Å². The normalized spacial score (nSPS) is 12.9. The molecule has 0 unspecified atom stereocenters. The smallest absolute Gasteiger partial charge is 0.0584 e. The van der Waals surface area contributed by atoms with Gasteiger partial charge in [0.05, 0.1) is 10.9 Å². The third kappa shape index (κ3) is 0.888. The van der Waals surface area contributed by atoms with Crippen LogP contribution in [0.1, 0.15) is 11.1 Å². The first-order chi connectivity index (χ1) is 6.45. The predicted octanol–water partition coefficient (Wildman–Crippen LogP) is 3.42. The lowest BCUT2D eigenvalue weighted by atomic mass is 9.93. The van der Waals surface area contributed by atoms with Crippen LogP contribution in [-0.2, 0) is 0 Å². The summed E-state index contributed by atoms with van der Waals surface area (Å²) < 4.78 is 0. The molecule has 0 radical (unpaired) electrons. The Labute approximate surface area is 77.5 Å². The molecule has 0 aliphatic heterocycles. The van der Waals surface area contributed by atoms with Crippen molar-refractivity contribution in [2.24, 2.45) is 0 Å². The Morgan fingerprint density at radius 2 is 1.77 bits per heavy atom. The zero-order valence-corrected chi connectivity index (χ0v) is 7.20. The summed E-state index contributed by atoms with van der Waals surface area (Å²) >= 11 is 0. The Morgan fingerprint density at radius 1 is 0.923 bits per heavy atom. The molecule has 0 amide bonds. The van der Waals surface area contributed by atoms with Crippen molar-refractivity contribution in [3.8, 4) is 0 Å². The first-order valence-corrected chi connectivity index (χ1v) is 4.48. The van der Waals surface area contributed by atoms with Crippen molar-refractivity contribution in [3.63, 3.8) is 0 Å². The standard InChI is InChI=1S/C13H9/c1-4-10-6-2-8-12-9-3-7-11(5-1)13(10)12/h1-9H/q+1. The minimum atomic E-state index is 1.33. The summed E-state index contributed by atoms with van der Waals surface area (Å²) in [6.07, 6.45) is 6.43. The summed E-state index contributed by atoms with van der Waals surface area (Å²) in [6, 6.07) is 12.9. The van der Waals surface area contributed by atoms with E-state index in [4.69, 9.17) is 0 Å². The van der Waals surface area contributed by atoms with Crippen LogP contribution in [0.2, 0.25) is 0 Å². The summed E-state index contributed by atoms with van der Waals surface area (Å²) in [4.78, 5) is 0. The predicted molar refractivity (Wildman–Crippen MR) is 56.4 cm³/mol. The van der Waals surface area contributed by atoms with E-state index < -0.39 is 0 Å². The first-order valence-electron chi connectivity index (χ1n) is 4.48. The molecule has 0 saturated carbocycles. The van der Waals surface area contributed by atoms with E-state index in [1.807, 2.05) is 0 Å². The molecule has 1 aliphatic carbocycles. The van der Waals surface area contributed by atoms with E-state index >= 15 is 0 Å². The monoisotopic (exact) mass is 165 g/mol. The number of hydrogen-bond acceptors (Lipinski definition) is 0. The largest absolute Gasteiger partial charge is 0.105 e. The van der Waals surface area contributed by atoms with Gasteiger partial charge in [0.15, 0.2) is 0 Å². The van der Waals surface area contributed by atoms with Gasteiger partial charge < -0.3 is 0 Å². The molecular formula is C13H9+. The van der Waals surface area contributed by atoms with Gasteiger partial charge in [-0.15, -0.1) is 0 Å². The molecule has 60 valence electrons.